The number of aliphatic imine (C=N–C) groups is 1. The van der Waals surface area contributed by atoms with Crippen LogP contribution in [-0.2, 0) is 0 Å². The van der Waals surface area contributed by atoms with Gasteiger partial charge in [0.25, 0.3) is 0 Å². The summed E-state index contributed by atoms with van der Waals surface area (Å²) in [6.07, 6.45) is 1.11. The molecule has 0 aliphatic carbocycles. The molecule has 0 atom stereocenters. The summed E-state index contributed by atoms with van der Waals surface area (Å²) in [6, 6.07) is 8.38. The fourth-order valence-corrected chi connectivity index (χ4v) is 1.34. The van der Waals surface area contributed by atoms with Gasteiger partial charge in [-0.1, -0.05) is 31.2 Å². The number of nitrogens with zero attached hydrogens (tertiary/aromatic N) is 1. The third kappa shape index (κ3) is 2.69. The lowest BCUT2D eigenvalue weighted by Gasteiger charge is -2.04. The van der Waals surface area contributed by atoms with E-state index in [0.29, 0.717) is 0 Å². The van der Waals surface area contributed by atoms with Crippen molar-refractivity contribution in [3.05, 3.63) is 35.4 Å². The van der Waals surface area contributed by atoms with Gasteiger partial charge < -0.3 is 0 Å². The molecule has 13 heavy (non-hydrogen) atoms. The molecule has 0 amide bonds. The summed E-state index contributed by atoms with van der Waals surface area (Å²) in [7, 11) is 0. The van der Waals surface area contributed by atoms with Gasteiger partial charge in [0.15, 0.2) is 0 Å². The molecule has 1 rings (SSSR count). The molecule has 1 nitrogen and oxygen atoms in total. The Balaban J connectivity index is 2.88. The summed E-state index contributed by atoms with van der Waals surface area (Å²) >= 11 is 0. The van der Waals surface area contributed by atoms with Crippen LogP contribution in [0.5, 0.6) is 0 Å². The summed E-state index contributed by atoms with van der Waals surface area (Å²) in [5.41, 5.74) is 3.73. The average molecular weight is 175 g/mol. The Hall–Kier alpha value is -1.11. The predicted octanol–water partition coefficient (Wildman–Crippen LogP) is 3.21. The Kier molecular flexibility index (Phi) is 3.69. The van der Waals surface area contributed by atoms with Gasteiger partial charge in [-0.3, -0.25) is 4.99 Å². The second kappa shape index (κ2) is 4.80. The van der Waals surface area contributed by atoms with E-state index < -0.39 is 0 Å². The first kappa shape index (κ1) is 9.97. The van der Waals surface area contributed by atoms with E-state index >= 15 is 0 Å². The van der Waals surface area contributed by atoms with Gasteiger partial charge in [0, 0.05) is 12.3 Å². The van der Waals surface area contributed by atoms with Crippen LogP contribution in [0, 0.1) is 6.92 Å². The maximum absolute atomic E-state index is 4.49. The van der Waals surface area contributed by atoms with Gasteiger partial charge in [-0.25, -0.2) is 0 Å². The van der Waals surface area contributed by atoms with Gasteiger partial charge in [-0.05, 0) is 31.4 Å². The zero-order valence-electron chi connectivity index (χ0n) is 8.67. The van der Waals surface area contributed by atoms with Crippen molar-refractivity contribution >= 4 is 5.71 Å². The van der Waals surface area contributed by atoms with Crippen molar-refractivity contribution in [2.75, 3.05) is 6.54 Å². The third-order valence-electron chi connectivity index (χ3n) is 2.11. The van der Waals surface area contributed by atoms with Crippen LogP contribution in [0.25, 0.3) is 0 Å². The Morgan fingerprint density at radius 2 is 2.00 bits per heavy atom. The van der Waals surface area contributed by atoms with E-state index in [0.717, 1.165) is 18.7 Å². The fourth-order valence-electron chi connectivity index (χ4n) is 1.34. The van der Waals surface area contributed by atoms with E-state index in [2.05, 4.69) is 50.0 Å². The molecule has 0 bridgehead atoms. The molecule has 1 aromatic carbocycles. The minimum absolute atomic E-state index is 0.931. The minimum Gasteiger partial charge on any atom is -0.289 e. The molecule has 0 aliphatic rings. The van der Waals surface area contributed by atoms with E-state index in [9.17, 15) is 0 Å². The lowest BCUT2D eigenvalue weighted by Crippen LogP contribution is -1.98. The molecule has 0 radical (unpaired) electrons. The first-order valence-electron chi connectivity index (χ1n) is 4.82. The van der Waals surface area contributed by atoms with Gasteiger partial charge in [0.2, 0.25) is 0 Å². The van der Waals surface area contributed by atoms with Gasteiger partial charge in [0.05, 0.1) is 0 Å². The van der Waals surface area contributed by atoms with Gasteiger partial charge >= 0.3 is 0 Å². The van der Waals surface area contributed by atoms with Crippen LogP contribution >= 0.6 is 0 Å². The summed E-state index contributed by atoms with van der Waals surface area (Å²) in [6.45, 7) is 7.28. The molecule has 0 fully saturated rings. The zero-order chi connectivity index (χ0) is 9.68. The molecular formula is C12H17N. The number of aryl methyl sites for hydroxylation is 1. The van der Waals surface area contributed by atoms with E-state index in [-0.39, 0.29) is 0 Å². The highest BCUT2D eigenvalue weighted by atomic mass is 14.7. The molecule has 0 saturated heterocycles. The first-order valence-corrected chi connectivity index (χ1v) is 4.82. The average Bonchev–Trinajstić information content (AvgIpc) is 2.15. The van der Waals surface area contributed by atoms with Crippen molar-refractivity contribution in [1.82, 2.24) is 0 Å². The SMILES string of the molecule is CCCN=C(C)c1ccccc1C. The number of hydrogen-bond acceptors (Lipinski definition) is 1. The number of benzene rings is 1. The largest absolute Gasteiger partial charge is 0.289 e. The molecule has 1 heteroatoms. The van der Waals surface area contributed by atoms with E-state index in [4.69, 9.17) is 0 Å². The summed E-state index contributed by atoms with van der Waals surface area (Å²) in [4.78, 5) is 4.49. The molecule has 0 N–H and O–H groups in total. The molecule has 0 unspecified atom stereocenters. The molecule has 0 spiro atoms. The van der Waals surface area contributed by atoms with Crippen molar-refractivity contribution in [2.24, 2.45) is 4.99 Å². The maximum Gasteiger partial charge on any atom is 0.0392 e. The van der Waals surface area contributed by atoms with Crippen LogP contribution in [-0.4, -0.2) is 12.3 Å². The third-order valence-corrected chi connectivity index (χ3v) is 2.11. The Bertz CT molecular complexity index is 300. The molecule has 0 saturated carbocycles. The van der Waals surface area contributed by atoms with Crippen molar-refractivity contribution in [3.63, 3.8) is 0 Å². The van der Waals surface area contributed by atoms with E-state index in [1.807, 2.05) is 0 Å². The quantitative estimate of drug-likeness (QED) is 0.625. The van der Waals surface area contributed by atoms with Crippen LogP contribution in [0.2, 0.25) is 0 Å². The second-order valence-corrected chi connectivity index (χ2v) is 3.28. The Morgan fingerprint density at radius 1 is 1.31 bits per heavy atom. The van der Waals surface area contributed by atoms with Crippen molar-refractivity contribution in [3.8, 4) is 0 Å². The van der Waals surface area contributed by atoms with Crippen LogP contribution in [0.4, 0.5) is 0 Å². The minimum atomic E-state index is 0.931. The van der Waals surface area contributed by atoms with Crippen LogP contribution in [0.1, 0.15) is 31.4 Å². The van der Waals surface area contributed by atoms with Crippen LogP contribution in [0.15, 0.2) is 29.3 Å². The lowest BCUT2D eigenvalue weighted by atomic mass is 10.1. The maximum atomic E-state index is 4.49. The highest BCUT2D eigenvalue weighted by molar-refractivity contribution is 5.99. The predicted molar refractivity (Wildman–Crippen MR) is 58.5 cm³/mol. The fraction of sp³-hybridized carbons (Fsp3) is 0.417. The normalized spacial score (nSPS) is 11.8. The molecule has 1 aromatic rings. The molecular weight excluding hydrogens is 158 g/mol. The molecule has 0 heterocycles. The van der Waals surface area contributed by atoms with Crippen molar-refractivity contribution in [1.29, 1.82) is 0 Å². The highest BCUT2D eigenvalue weighted by Crippen LogP contribution is 2.08. The highest BCUT2D eigenvalue weighted by Gasteiger charge is 1.98. The molecule has 0 aromatic heterocycles. The summed E-state index contributed by atoms with van der Waals surface area (Å²) in [5.74, 6) is 0. The Morgan fingerprint density at radius 3 is 2.62 bits per heavy atom. The second-order valence-electron chi connectivity index (χ2n) is 3.28. The standard InChI is InChI=1S/C12H17N/c1-4-9-13-11(3)12-8-6-5-7-10(12)2/h5-8H,4,9H2,1-3H3. The molecule has 70 valence electrons. The lowest BCUT2D eigenvalue weighted by molar-refractivity contribution is 0.931. The van der Waals surface area contributed by atoms with Crippen molar-refractivity contribution in [2.45, 2.75) is 27.2 Å². The zero-order valence-corrected chi connectivity index (χ0v) is 8.67. The van der Waals surface area contributed by atoms with E-state index in [1.165, 1.54) is 11.1 Å². The number of rotatable bonds is 3. The van der Waals surface area contributed by atoms with Crippen molar-refractivity contribution < 1.29 is 0 Å². The topological polar surface area (TPSA) is 12.4 Å². The molecule has 0 aliphatic heterocycles. The monoisotopic (exact) mass is 175 g/mol. The van der Waals surface area contributed by atoms with Gasteiger partial charge in [-0.15, -0.1) is 0 Å². The van der Waals surface area contributed by atoms with Crippen LogP contribution < -0.4 is 0 Å². The van der Waals surface area contributed by atoms with Crippen LogP contribution in [0.3, 0.4) is 0 Å². The van der Waals surface area contributed by atoms with E-state index in [1.54, 1.807) is 0 Å². The van der Waals surface area contributed by atoms with Gasteiger partial charge in [0.1, 0.15) is 0 Å². The summed E-state index contributed by atoms with van der Waals surface area (Å²) in [5, 5.41) is 0. The first-order chi connectivity index (χ1) is 6.25. The smallest absolute Gasteiger partial charge is 0.0392 e. The Labute approximate surface area is 80.5 Å². The summed E-state index contributed by atoms with van der Waals surface area (Å²) < 4.78 is 0. The number of hydrogen-bond donors (Lipinski definition) is 0. The van der Waals surface area contributed by atoms with Gasteiger partial charge in [-0.2, -0.15) is 0 Å².